The number of carbonyl (C=O) groups excluding carboxylic acids is 1. The molecule has 2 heterocycles. The lowest BCUT2D eigenvalue weighted by atomic mass is 10.1. The molecule has 0 aliphatic carbocycles. The second kappa shape index (κ2) is 6.76. The van der Waals surface area contributed by atoms with Gasteiger partial charge >= 0.3 is 0 Å². The Morgan fingerprint density at radius 1 is 1.07 bits per heavy atom. The summed E-state index contributed by atoms with van der Waals surface area (Å²) in [6, 6.07) is 15.7. The first-order valence-electron chi connectivity index (χ1n) is 8.71. The largest absolute Gasteiger partial charge is 0.463 e. The highest BCUT2D eigenvalue weighted by Gasteiger charge is 2.18. The minimum atomic E-state index is -0.302. The summed E-state index contributed by atoms with van der Waals surface area (Å²) in [4.78, 5) is 12.9. The van der Waals surface area contributed by atoms with Crippen molar-refractivity contribution < 1.29 is 13.6 Å². The van der Waals surface area contributed by atoms with Crippen LogP contribution >= 0.6 is 0 Å². The molecule has 5 heteroatoms. The number of halogens is 1. The van der Waals surface area contributed by atoms with Crippen molar-refractivity contribution in [1.82, 2.24) is 4.57 Å². The molecule has 4 rings (SSSR count). The number of rotatable bonds is 4. The maximum atomic E-state index is 13.6. The van der Waals surface area contributed by atoms with Crippen LogP contribution < -0.4 is 5.32 Å². The summed E-state index contributed by atoms with van der Waals surface area (Å²) in [5, 5.41) is 2.94. The number of fused-ring (bicyclic) bond motifs is 1. The second-order valence-corrected chi connectivity index (χ2v) is 6.67. The van der Waals surface area contributed by atoms with Crippen LogP contribution in [0.15, 0.2) is 65.3 Å². The SMILES string of the molecule is Cc1ccc(NC(=O)c2cc3occc3n2Cc2cccc(F)c2)cc1C. The zero-order valence-electron chi connectivity index (χ0n) is 15.1. The van der Waals surface area contributed by atoms with E-state index in [9.17, 15) is 9.18 Å². The maximum Gasteiger partial charge on any atom is 0.272 e. The Labute approximate surface area is 156 Å². The first-order chi connectivity index (χ1) is 13.0. The number of anilines is 1. The molecule has 0 atom stereocenters. The van der Waals surface area contributed by atoms with Gasteiger partial charge in [-0.3, -0.25) is 4.79 Å². The third kappa shape index (κ3) is 3.36. The normalized spacial score (nSPS) is 11.1. The fourth-order valence-corrected chi connectivity index (χ4v) is 3.17. The summed E-state index contributed by atoms with van der Waals surface area (Å²) in [5.41, 5.74) is 5.66. The Balaban J connectivity index is 1.69. The van der Waals surface area contributed by atoms with Crippen molar-refractivity contribution in [2.75, 3.05) is 5.32 Å². The maximum absolute atomic E-state index is 13.6. The van der Waals surface area contributed by atoms with Gasteiger partial charge in [-0.05, 0) is 54.8 Å². The van der Waals surface area contributed by atoms with E-state index in [2.05, 4.69) is 5.32 Å². The zero-order valence-corrected chi connectivity index (χ0v) is 15.1. The molecule has 136 valence electrons. The Hall–Kier alpha value is -3.34. The lowest BCUT2D eigenvalue weighted by Gasteiger charge is -2.12. The molecule has 2 aromatic heterocycles. The molecule has 0 unspecified atom stereocenters. The van der Waals surface area contributed by atoms with Crippen LogP contribution in [-0.2, 0) is 6.54 Å². The van der Waals surface area contributed by atoms with Crippen LogP contribution in [0, 0.1) is 19.7 Å². The fourth-order valence-electron chi connectivity index (χ4n) is 3.17. The predicted molar refractivity (Wildman–Crippen MR) is 104 cm³/mol. The van der Waals surface area contributed by atoms with Crippen molar-refractivity contribution in [3.63, 3.8) is 0 Å². The van der Waals surface area contributed by atoms with Crippen molar-refractivity contribution in [1.29, 1.82) is 0 Å². The summed E-state index contributed by atoms with van der Waals surface area (Å²) in [7, 11) is 0. The molecule has 0 aliphatic heterocycles. The van der Waals surface area contributed by atoms with E-state index in [4.69, 9.17) is 4.42 Å². The van der Waals surface area contributed by atoms with Crippen molar-refractivity contribution in [2.45, 2.75) is 20.4 Å². The van der Waals surface area contributed by atoms with Crippen LogP contribution in [0.25, 0.3) is 11.1 Å². The van der Waals surface area contributed by atoms with E-state index < -0.39 is 0 Å². The summed E-state index contributed by atoms with van der Waals surface area (Å²) in [5.74, 6) is -0.537. The lowest BCUT2D eigenvalue weighted by molar-refractivity contribution is 0.101. The van der Waals surface area contributed by atoms with Crippen LogP contribution in [0.2, 0.25) is 0 Å². The molecule has 27 heavy (non-hydrogen) atoms. The number of nitrogens with zero attached hydrogens (tertiary/aromatic N) is 1. The highest BCUT2D eigenvalue weighted by molar-refractivity contribution is 6.05. The molecule has 0 fully saturated rings. The number of furan rings is 1. The van der Waals surface area contributed by atoms with E-state index in [1.54, 1.807) is 24.5 Å². The van der Waals surface area contributed by atoms with Gasteiger partial charge in [0.25, 0.3) is 5.91 Å². The average molecular weight is 362 g/mol. The minimum absolute atomic E-state index is 0.235. The van der Waals surface area contributed by atoms with E-state index in [1.807, 2.05) is 42.7 Å². The molecule has 0 saturated carbocycles. The Kier molecular flexibility index (Phi) is 4.28. The van der Waals surface area contributed by atoms with Crippen molar-refractivity contribution in [3.05, 3.63) is 89.1 Å². The number of benzene rings is 2. The molecule has 0 bridgehead atoms. The topological polar surface area (TPSA) is 47.2 Å². The van der Waals surface area contributed by atoms with Gasteiger partial charge < -0.3 is 14.3 Å². The molecule has 4 aromatic rings. The number of hydrogen-bond donors (Lipinski definition) is 1. The number of carbonyl (C=O) groups is 1. The molecule has 1 N–H and O–H groups in total. The van der Waals surface area contributed by atoms with Crippen molar-refractivity contribution in [3.8, 4) is 0 Å². The van der Waals surface area contributed by atoms with Gasteiger partial charge in [-0.1, -0.05) is 18.2 Å². The quantitative estimate of drug-likeness (QED) is 0.536. The van der Waals surface area contributed by atoms with Crippen molar-refractivity contribution >= 4 is 22.7 Å². The number of nitrogens with one attached hydrogen (secondary N) is 1. The molecule has 2 aromatic carbocycles. The van der Waals surface area contributed by atoms with Crippen LogP contribution in [-0.4, -0.2) is 10.5 Å². The van der Waals surface area contributed by atoms with Gasteiger partial charge in [-0.25, -0.2) is 4.39 Å². The second-order valence-electron chi connectivity index (χ2n) is 6.67. The van der Waals surface area contributed by atoms with E-state index in [1.165, 1.54) is 17.7 Å². The standard InChI is InChI=1S/C22H19FN2O2/c1-14-6-7-18(10-15(14)2)24-22(26)20-12-21-19(8-9-27-21)25(20)13-16-4-3-5-17(23)11-16/h3-12H,13H2,1-2H3,(H,24,26). The summed E-state index contributed by atoms with van der Waals surface area (Å²) >= 11 is 0. The molecule has 0 saturated heterocycles. The van der Waals surface area contributed by atoms with Crippen LogP contribution in [0.1, 0.15) is 27.2 Å². The van der Waals surface area contributed by atoms with E-state index >= 15 is 0 Å². The third-order valence-electron chi connectivity index (χ3n) is 4.75. The molecule has 4 nitrogen and oxygen atoms in total. The molecular formula is C22H19FN2O2. The van der Waals surface area contributed by atoms with E-state index in [0.29, 0.717) is 17.8 Å². The number of amides is 1. The number of hydrogen-bond acceptors (Lipinski definition) is 2. The fraction of sp³-hybridized carbons (Fsp3) is 0.136. The minimum Gasteiger partial charge on any atom is -0.463 e. The van der Waals surface area contributed by atoms with Crippen LogP contribution in [0.3, 0.4) is 0 Å². The average Bonchev–Trinajstić information content (AvgIpc) is 3.21. The van der Waals surface area contributed by atoms with Crippen LogP contribution in [0.5, 0.6) is 0 Å². The first-order valence-corrected chi connectivity index (χ1v) is 8.71. The number of aryl methyl sites for hydroxylation is 2. The Bertz CT molecular complexity index is 1140. The molecule has 0 spiro atoms. The van der Waals surface area contributed by atoms with E-state index in [0.717, 1.165) is 22.3 Å². The zero-order chi connectivity index (χ0) is 19.0. The lowest BCUT2D eigenvalue weighted by Crippen LogP contribution is -2.17. The van der Waals surface area contributed by atoms with Crippen LogP contribution in [0.4, 0.5) is 10.1 Å². The highest BCUT2D eigenvalue weighted by Crippen LogP contribution is 2.24. The van der Waals surface area contributed by atoms with Gasteiger partial charge in [0.05, 0.1) is 11.8 Å². The van der Waals surface area contributed by atoms with Gasteiger partial charge in [0.1, 0.15) is 11.5 Å². The predicted octanol–water partition coefficient (Wildman–Crippen LogP) is 5.29. The summed E-state index contributed by atoms with van der Waals surface area (Å²) in [6.07, 6.45) is 1.58. The smallest absolute Gasteiger partial charge is 0.272 e. The third-order valence-corrected chi connectivity index (χ3v) is 4.75. The summed E-state index contributed by atoms with van der Waals surface area (Å²) in [6.45, 7) is 4.40. The molecule has 0 radical (unpaired) electrons. The van der Waals surface area contributed by atoms with Gasteiger partial charge in [-0.2, -0.15) is 0 Å². The Morgan fingerprint density at radius 2 is 1.93 bits per heavy atom. The molecule has 0 aliphatic rings. The molecular weight excluding hydrogens is 343 g/mol. The summed E-state index contributed by atoms with van der Waals surface area (Å²) < 4.78 is 20.9. The van der Waals surface area contributed by atoms with Gasteiger partial charge in [-0.15, -0.1) is 0 Å². The Morgan fingerprint density at radius 3 is 2.70 bits per heavy atom. The first kappa shape index (κ1) is 17.1. The highest BCUT2D eigenvalue weighted by atomic mass is 19.1. The van der Waals surface area contributed by atoms with Crippen molar-refractivity contribution in [2.24, 2.45) is 0 Å². The van der Waals surface area contributed by atoms with Gasteiger partial charge in [0, 0.05) is 24.4 Å². The monoisotopic (exact) mass is 362 g/mol. The van der Waals surface area contributed by atoms with E-state index in [-0.39, 0.29) is 11.7 Å². The van der Waals surface area contributed by atoms with Gasteiger partial charge in [0.2, 0.25) is 0 Å². The van der Waals surface area contributed by atoms with Gasteiger partial charge in [0.15, 0.2) is 5.58 Å². The number of aromatic nitrogens is 1. The molecule has 1 amide bonds.